The number of carboxylic acids is 1. The zero-order valence-electron chi connectivity index (χ0n) is 24.1. The van der Waals surface area contributed by atoms with Crippen molar-refractivity contribution >= 4 is 23.7 Å². The number of aliphatic carboxylic acids is 1. The van der Waals surface area contributed by atoms with Gasteiger partial charge in [-0.1, -0.05) is 92.1 Å². The van der Waals surface area contributed by atoms with E-state index < -0.39 is 18.0 Å². The standard InChI is InChI=1S/C36H36N2O5/c39-34(40)22-23-37-35(41)31-12-7-13-32(24-31)38(25-26-14-16-29(17-15-26)27-8-3-1-4-9-27)36(42)43-33-20-18-30(19-21-33)28-10-5-2-6-11-28/h2,5-7,10-21,24,27H,1,3-4,8-9,22-23,25H2,(H,37,41)(H,39,40). The zero-order chi connectivity index (χ0) is 30.0. The van der Waals surface area contributed by atoms with Crippen molar-refractivity contribution < 1.29 is 24.2 Å². The predicted octanol–water partition coefficient (Wildman–Crippen LogP) is 7.81. The lowest BCUT2D eigenvalue weighted by Gasteiger charge is -2.24. The highest BCUT2D eigenvalue weighted by atomic mass is 16.6. The minimum absolute atomic E-state index is 0.0104. The molecule has 0 heterocycles. The number of carbonyl (C=O) groups excluding carboxylic acids is 2. The number of carbonyl (C=O) groups is 3. The monoisotopic (exact) mass is 576 g/mol. The number of rotatable bonds is 10. The minimum Gasteiger partial charge on any atom is -0.481 e. The first kappa shape index (κ1) is 29.6. The molecule has 1 saturated carbocycles. The summed E-state index contributed by atoms with van der Waals surface area (Å²) in [6, 6.07) is 32.4. The molecule has 0 aliphatic heterocycles. The Morgan fingerprint density at radius 1 is 0.791 bits per heavy atom. The number of hydrogen-bond donors (Lipinski definition) is 2. The Balaban J connectivity index is 1.36. The third-order valence-electron chi connectivity index (χ3n) is 7.83. The molecule has 1 aliphatic rings. The van der Waals surface area contributed by atoms with E-state index >= 15 is 0 Å². The minimum atomic E-state index is -0.991. The summed E-state index contributed by atoms with van der Waals surface area (Å²) in [4.78, 5) is 38.7. The summed E-state index contributed by atoms with van der Waals surface area (Å²) in [6.45, 7) is 0.256. The molecule has 1 fully saturated rings. The van der Waals surface area contributed by atoms with Gasteiger partial charge in [-0.2, -0.15) is 0 Å². The molecule has 0 unspecified atom stereocenters. The maximum Gasteiger partial charge on any atom is 0.420 e. The molecule has 5 rings (SSSR count). The van der Waals surface area contributed by atoms with Crippen LogP contribution in [0.4, 0.5) is 10.5 Å². The van der Waals surface area contributed by atoms with Crippen LogP contribution in [0, 0.1) is 0 Å². The van der Waals surface area contributed by atoms with Crippen molar-refractivity contribution in [2.24, 2.45) is 0 Å². The van der Waals surface area contributed by atoms with Crippen molar-refractivity contribution in [3.05, 3.63) is 120 Å². The average Bonchev–Trinajstić information content (AvgIpc) is 3.05. The van der Waals surface area contributed by atoms with Gasteiger partial charge >= 0.3 is 12.1 Å². The summed E-state index contributed by atoms with van der Waals surface area (Å²) in [5.41, 5.74) is 5.16. The van der Waals surface area contributed by atoms with Gasteiger partial charge in [0, 0.05) is 17.8 Å². The Kier molecular flexibility index (Phi) is 9.85. The fourth-order valence-electron chi connectivity index (χ4n) is 5.48. The second kappa shape index (κ2) is 14.3. The third-order valence-corrected chi connectivity index (χ3v) is 7.83. The van der Waals surface area contributed by atoms with Crippen LogP contribution in [0.1, 0.15) is 65.9 Å². The maximum atomic E-state index is 13.7. The Morgan fingerprint density at radius 2 is 1.49 bits per heavy atom. The average molecular weight is 577 g/mol. The summed E-state index contributed by atoms with van der Waals surface area (Å²) in [6.07, 6.45) is 5.50. The Hall–Kier alpha value is -4.91. The summed E-state index contributed by atoms with van der Waals surface area (Å²) in [5, 5.41) is 11.5. The molecular formula is C36H36N2O5. The molecule has 0 saturated heterocycles. The zero-order valence-corrected chi connectivity index (χ0v) is 24.1. The first-order valence-electron chi connectivity index (χ1n) is 14.8. The van der Waals surface area contributed by atoms with Gasteiger partial charge in [-0.15, -0.1) is 0 Å². The molecule has 0 atom stereocenters. The number of hydrogen-bond acceptors (Lipinski definition) is 4. The second-order valence-corrected chi connectivity index (χ2v) is 10.9. The molecule has 7 nitrogen and oxygen atoms in total. The van der Waals surface area contributed by atoms with E-state index in [0.717, 1.165) is 16.7 Å². The molecule has 0 bridgehead atoms. The number of nitrogens with one attached hydrogen (secondary N) is 1. The van der Waals surface area contributed by atoms with E-state index in [1.165, 1.54) is 42.6 Å². The summed E-state index contributed by atoms with van der Waals surface area (Å²) in [7, 11) is 0. The van der Waals surface area contributed by atoms with Crippen LogP contribution in [0.25, 0.3) is 11.1 Å². The van der Waals surface area contributed by atoms with Crippen molar-refractivity contribution in [1.29, 1.82) is 0 Å². The molecule has 43 heavy (non-hydrogen) atoms. The number of ether oxygens (including phenoxy) is 1. The maximum absolute atomic E-state index is 13.7. The van der Waals surface area contributed by atoms with Gasteiger partial charge in [0.25, 0.3) is 5.91 Å². The molecule has 4 aromatic rings. The number of carboxylic acid groups (broad SMARTS) is 1. The molecule has 220 valence electrons. The van der Waals surface area contributed by atoms with Crippen LogP contribution in [0.2, 0.25) is 0 Å². The normalized spacial score (nSPS) is 13.2. The van der Waals surface area contributed by atoms with Crippen LogP contribution in [-0.4, -0.2) is 29.6 Å². The van der Waals surface area contributed by atoms with Gasteiger partial charge < -0.3 is 15.2 Å². The van der Waals surface area contributed by atoms with E-state index in [1.807, 2.05) is 42.5 Å². The molecule has 1 aliphatic carbocycles. The van der Waals surface area contributed by atoms with Crippen LogP contribution in [0.15, 0.2) is 103 Å². The topological polar surface area (TPSA) is 95.9 Å². The third kappa shape index (κ3) is 8.10. The van der Waals surface area contributed by atoms with Crippen LogP contribution in [-0.2, 0) is 11.3 Å². The highest BCUT2D eigenvalue weighted by molar-refractivity contribution is 5.97. The Bertz CT molecular complexity index is 1530. The van der Waals surface area contributed by atoms with Gasteiger partial charge in [-0.25, -0.2) is 4.79 Å². The summed E-state index contributed by atoms with van der Waals surface area (Å²) >= 11 is 0. The lowest BCUT2D eigenvalue weighted by Crippen LogP contribution is -2.33. The molecule has 0 radical (unpaired) electrons. The second-order valence-electron chi connectivity index (χ2n) is 10.9. The fourth-order valence-corrected chi connectivity index (χ4v) is 5.48. The quantitative estimate of drug-likeness (QED) is 0.201. The van der Waals surface area contributed by atoms with E-state index in [0.29, 0.717) is 22.9 Å². The molecule has 0 spiro atoms. The molecule has 2 amide bonds. The molecule has 2 N–H and O–H groups in total. The van der Waals surface area contributed by atoms with Crippen molar-refractivity contribution in [3.63, 3.8) is 0 Å². The van der Waals surface area contributed by atoms with Gasteiger partial charge in [0.05, 0.1) is 13.0 Å². The smallest absolute Gasteiger partial charge is 0.420 e. The van der Waals surface area contributed by atoms with Crippen molar-refractivity contribution in [2.75, 3.05) is 11.4 Å². The van der Waals surface area contributed by atoms with Gasteiger partial charge in [0.15, 0.2) is 0 Å². The van der Waals surface area contributed by atoms with E-state index in [9.17, 15) is 14.4 Å². The number of amides is 2. The van der Waals surface area contributed by atoms with Crippen LogP contribution < -0.4 is 15.0 Å². The molecule has 0 aromatic heterocycles. The first-order valence-corrected chi connectivity index (χ1v) is 14.8. The number of anilines is 1. The summed E-state index contributed by atoms with van der Waals surface area (Å²) < 4.78 is 5.83. The van der Waals surface area contributed by atoms with Crippen LogP contribution >= 0.6 is 0 Å². The van der Waals surface area contributed by atoms with Gasteiger partial charge in [0.2, 0.25) is 0 Å². The van der Waals surface area contributed by atoms with Gasteiger partial charge in [-0.05, 0) is 71.3 Å². The highest BCUT2D eigenvalue weighted by Crippen LogP contribution is 2.33. The van der Waals surface area contributed by atoms with Crippen molar-refractivity contribution in [3.8, 4) is 16.9 Å². The lowest BCUT2D eigenvalue weighted by atomic mass is 9.84. The van der Waals surface area contributed by atoms with E-state index in [4.69, 9.17) is 9.84 Å². The van der Waals surface area contributed by atoms with Gasteiger partial charge in [-0.3, -0.25) is 14.5 Å². The predicted molar refractivity (Wildman–Crippen MR) is 167 cm³/mol. The van der Waals surface area contributed by atoms with Crippen LogP contribution in [0.5, 0.6) is 5.75 Å². The van der Waals surface area contributed by atoms with Gasteiger partial charge in [0.1, 0.15) is 5.75 Å². The molecular weight excluding hydrogens is 540 g/mol. The SMILES string of the molecule is O=C(O)CCNC(=O)c1cccc(N(Cc2ccc(C3CCCCC3)cc2)C(=O)Oc2ccc(-c3ccccc3)cc2)c1. The Labute approximate surface area is 252 Å². The van der Waals surface area contributed by atoms with Crippen molar-refractivity contribution in [1.82, 2.24) is 5.32 Å². The number of benzene rings is 4. The fraction of sp³-hybridized carbons (Fsp3) is 0.250. The first-order chi connectivity index (χ1) is 21.0. The van der Waals surface area contributed by atoms with E-state index in [-0.39, 0.29) is 19.5 Å². The van der Waals surface area contributed by atoms with E-state index in [1.54, 1.807) is 36.4 Å². The molecule has 7 heteroatoms. The lowest BCUT2D eigenvalue weighted by molar-refractivity contribution is -0.136. The van der Waals surface area contributed by atoms with Crippen LogP contribution in [0.3, 0.4) is 0 Å². The Morgan fingerprint density at radius 3 is 2.19 bits per heavy atom. The number of nitrogens with zero attached hydrogens (tertiary/aromatic N) is 1. The van der Waals surface area contributed by atoms with E-state index in [2.05, 4.69) is 29.6 Å². The molecule has 4 aromatic carbocycles. The summed E-state index contributed by atoms with van der Waals surface area (Å²) in [5.74, 6) is -0.414. The largest absolute Gasteiger partial charge is 0.481 e. The highest BCUT2D eigenvalue weighted by Gasteiger charge is 2.21. The van der Waals surface area contributed by atoms with Crippen molar-refractivity contribution in [2.45, 2.75) is 51.0 Å².